The average molecular weight is 409 g/mol. The molecule has 8 nitrogen and oxygen atoms in total. The molecule has 3 rings (SSSR count). The Kier molecular flexibility index (Phi) is 7.12. The molecule has 0 aromatic carbocycles. The van der Waals surface area contributed by atoms with Crippen molar-refractivity contribution in [2.45, 2.75) is 62.8 Å². The molecular formula is C19H28N4O4S. The third-order valence-electron chi connectivity index (χ3n) is 5.28. The van der Waals surface area contributed by atoms with Crippen LogP contribution in [0.25, 0.3) is 0 Å². The van der Waals surface area contributed by atoms with E-state index in [0.29, 0.717) is 23.8 Å². The number of hydrogen-bond acceptors (Lipinski definition) is 6. The highest BCUT2D eigenvalue weighted by atomic mass is 32.2. The maximum atomic E-state index is 12.6. The fourth-order valence-electron chi connectivity index (χ4n) is 3.91. The number of β-amino-alcohol motifs (C(OH)–C–C–N with tert-alkyl or cyclic N) is 1. The summed E-state index contributed by atoms with van der Waals surface area (Å²) in [6.45, 7) is 2.38. The summed E-state index contributed by atoms with van der Waals surface area (Å²) in [5.41, 5.74) is 0.346. The van der Waals surface area contributed by atoms with Gasteiger partial charge in [-0.15, -0.1) is 0 Å². The van der Waals surface area contributed by atoms with Crippen LogP contribution in [-0.2, 0) is 9.59 Å². The van der Waals surface area contributed by atoms with Gasteiger partial charge >= 0.3 is 0 Å². The Hall–Kier alpha value is -1.87. The Morgan fingerprint density at radius 1 is 1.32 bits per heavy atom. The number of carbonyl (C=O) groups is 2. The zero-order chi connectivity index (χ0) is 20.1. The van der Waals surface area contributed by atoms with Crippen molar-refractivity contribution in [1.82, 2.24) is 20.2 Å². The molecule has 3 N–H and O–H groups in total. The minimum Gasteiger partial charge on any atom is -0.391 e. The molecule has 2 fully saturated rings. The number of likely N-dealkylation sites (tertiary alicyclic amines) is 1. The molecule has 1 aliphatic carbocycles. The zero-order valence-corrected chi connectivity index (χ0v) is 17.0. The summed E-state index contributed by atoms with van der Waals surface area (Å²) in [6.07, 6.45) is 5.00. The van der Waals surface area contributed by atoms with Crippen molar-refractivity contribution in [3.05, 3.63) is 22.1 Å². The second kappa shape index (κ2) is 9.56. The number of aryl methyl sites for hydroxylation is 1. The average Bonchev–Trinajstić information content (AvgIpc) is 2.65. The van der Waals surface area contributed by atoms with Gasteiger partial charge in [-0.25, -0.2) is 4.98 Å². The van der Waals surface area contributed by atoms with Gasteiger partial charge in [0.05, 0.1) is 11.9 Å². The van der Waals surface area contributed by atoms with E-state index in [9.17, 15) is 19.5 Å². The van der Waals surface area contributed by atoms with Gasteiger partial charge in [0.2, 0.25) is 11.8 Å². The van der Waals surface area contributed by atoms with Crippen molar-refractivity contribution in [2.24, 2.45) is 5.92 Å². The first-order valence-corrected chi connectivity index (χ1v) is 10.9. The second-order valence-corrected chi connectivity index (χ2v) is 8.67. The zero-order valence-electron chi connectivity index (χ0n) is 16.1. The number of thioether (sulfide) groups is 1. The first kappa shape index (κ1) is 20.9. The van der Waals surface area contributed by atoms with Crippen LogP contribution in [0.3, 0.4) is 0 Å². The number of nitrogens with one attached hydrogen (secondary N) is 2. The largest absolute Gasteiger partial charge is 0.391 e. The molecule has 1 aromatic heterocycles. The van der Waals surface area contributed by atoms with Crippen LogP contribution >= 0.6 is 11.8 Å². The maximum absolute atomic E-state index is 12.6. The first-order chi connectivity index (χ1) is 13.4. The first-order valence-electron chi connectivity index (χ1n) is 9.87. The van der Waals surface area contributed by atoms with Gasteiger partial charge in [-0.1, -0.05) is 31.0 Å². The highest BCUT2D eigenvalue weighted by Crippen LogP contribution is 2.24. The fraction of sp³-hybridized carbons (Fsp3) is 0.684. The predicted molar refractivity (Wildman–Crippen MR) is 106 cm³/mol. The van der Waals surface area contributed by atoms with Gasteiger partial charge in [-0.3, -0.25) is 14.4 Å². The Labute approximate surface area is 168 Å². The van der Waals surface area contributed by atoms with Crippen molar-refractivity contribution in [2.75, 3.05) is 18.8 Å². The number of amides is 2. The molecule has 0 radical (unpaired) electrons. The number of piperidine rings is 1. The molecule has 154 valence electrons. The van der Waals surface area contributed by atoms with E-state index in [1.165, 1.54) is 12.5 Å². The molecule has 2 aliphatic rings. The summed E-state index contributed by atoms with van der Waals surface area (Å²) in [7, 11) is 0. The lowest BCUT2D eigenvalue weighted by Crippen LogP contribution is -2.55. The number of aromatic amines is 1. The summed E-state index contributed by atoms with van der Waals surface area (Å²) in [5.74, 6) is 0.0613. The molecule has 2 atom stereocenters. The van der Waals surface area contributed by atoms with Crippen LogP contribution in [-0.4, -0.2) is 62.8 Å². The molecule has 1 saturated carbocycles. The highest BCUT2D eigenvalue weighted by Gasteiger charge is 2.31. The molecule has 0 unspecified atom stereocenters. The second-order valence-electron chi connectivity index (χ2n) is 7.71. The van der Waals surface area contributed by atoms with E-state index in [1.54, 1.807) is 11.8 Å². The third kappa shape index (κ3) is 5.81. The molecular weight excluding hydrogens is 380 g/mol. The minimum absolute atomic E-state index is 0.0436. The number of aromatic nitrogens is 2. The molecule has 0 spiro atoms. The van der Waals surface area contributed by atoms with Crippen molar-refractivity contribution in [3.8, 4) is 0 Å². The van der Waals surface area contributed by atoms with Crippen molar-refractivity contribution >= 4 is 23.6 Å². The van der Waals surface area contributed by atoms with Crippen molar-refractivity contribution < 1.29 is 14.7 Å². The number of rotatable bonds is 5. The van der Waals surface area contributed by atoms with Crippen LogP contribution in [0.15, 0.2) is 16.0 Å². The Morgan fingerprint density at radius 2 is 2.07 bits per heavy atom. The van der Waals surface area contributed by atoms with E-state index >= 15 is 0 Å². The Bertz CT molecular complexity index is 763. The minimum atomic E-state index is -0.656. The maximum Gasteiger partial charge on any atom is 0.251 e. The number of nitrogens with zero attached hydrogens (tertiary/aromatic N) is 2. The third-order valence-corrected chi connectivity index (χ3v) is 6.14. The number of hydrogen-bond donors (Lipinski definition) is 3. The number of H-pyrrole nitrogens is 1. The molecule has 28 heavy (non-hydrogen) atoms. The van der Waals surface area contributed by atoms with Crippen LogP contribution in [0.5, 0.6) is 0 Å². The fourth-order valence-corrected chi connectivity index (χ4v) is 4.73. The van der Waals surface area contributed by atoms with E-state index in [4.69, 9.17) is 0 Å². The quantitative estimate of drug-likeness (QED) is 0.491. The van der Waals surface area contributed by atoms with Crippen LogP contribution in [0.4, 0.5) is 0 Å². The highest BCUT2D eigenvalue weighted by molar-refractivity contribution is 7.99. The lowest BCUT2D eigenvalue weighted by Gasteiger charge is -2.36. The van der Waals surface area contributed by atoms with Crippen LogP contribution < -0.4 is 10.9 Å². The van der Waals surface area contributed by atoms with E-state index in [-0.39, 0.29) is 41.6 Å². The Balaban J connectivity index is 1.53. The van der Waals surface area contributed by atoms with Gasteiger partial charge in [-0.05, 0) is 26.2 Å². The molecule has 1 aliphatic heterocycles. The Morgan fingerprint density at radius 3 is 2.79 bits per heavy atom. The molecule has 1 aromatic rings. The summed E-state index contributed by atoms with van der Waals surface area (Å²) >= 11 is 1.16. The number of carbonyl (C=O) groups excluding carboxylic acids is 2. The van der Waals surface area contributed by atoms with Crippen molar-refractivity contribution in [1.29, 1.82) is 0 Å². The number of aliphatic hydroxyl groups is 1. The topological polar surface area (TPSA) is 115 Å². The monoisotopic (exact) mass is 408 g/mol. The summed E-state index contributed by atoms with van der Waals surface area (Å²) in [6, 6.07) is 1.16. The molecule has 9 heteroatoms. The smallest absolute Gasteiger partial charge is 0.251 e. The van der Waals surface area contributed by atoms with E-state index in [0.717, 1.165) is 37.4 Å². The normalized spacial score (nSPS) is 23.4. The van der Waals surface area contributed by atoms with Gasteiger partial charge in [-0.2, -0.15) is 0 Å². The summed E-state index contributed by atoms with van der Waals surface area (Å²) in [4.78, 5) is 45.0. The van der Waals surface area contributed by atoms with E-state index in [2.05, 4.69) is 15.3 Å². The number of aliphatic hydroxyl groups excluding tert-OH is 1. The van der Waals surface area contributed by atoms with Gasteiger partial charge in [0, 0.05) is 36.8 Å². The lowest BCUT2D eigenvalue weighted by molar-refractivity contribution is -0.134. The van der Waals surface area contributed by atoms with Crippen LogP contribution in [0.1, 0.15) is 44.2 Å². The van der Waals surface area contributed by atoms with E-state index in [1.807, 2.05) is 0 Å². The van der Waals surface area contributed by atoms with Crippen LogP contribution in [0.2, 0.25) is 0 Å². The molecule has 1 saturated heterocycles. The van der Waals surface area contributed by atoms with E-state index < -0.39 is 6.10 Å². The summed E-state index contributed by atoms with van der Waals surface area (Å²) in [5, 5.41) is 13.6. The van der Waals surface area contributed by atoms with Gasteiger partial charge < -0.3 is 20.3 Å². The molecule has 2 heterocycles. The lowest BCUT2D eigenvalue weighted by atomic mass is 9.88. The molecule has 0 bridgehead atoms. The van der Waals surface area contributed by atoms with Gasteiger partial charge in [0.25, 0.3) is 5.56 Å². The molecule has 2 amide bonds. The van der Waals surface area contributed by atoms with Gasteiger partial charge in [0.1, 0.15) is 0 Å². The summed E-state index contributed by atoms with van der Waals surface area (Å²) < 4.78 is 0. The van der Waals surface area contributed by atoms with Gasteiger partial charge in [0.15, 0.2) is 5.16 Å². The predicted octanol–water partition coefficient (Wildman–Crippen LogP) is 0.829. The van der Waals surface area contributed by atoms with Crippen molar-refractivity contribution in [3.63, 3.8) is 0 Å². The van der Waals surface area contributed by atoms with Crippen LogP contribution in [0, 0.1) is 12.8 Å². The standard InChI is InChI=1S/C19H28N4O4S/c1-12-7-16(25)22-19(20-12)28-11-17(26)23-9-14(8-15(24)10-23)21-18(27)13-5-3-2-4-6-13/h7,13-15,24H,2-6,8-11H2,1H3,(H,21,27)(H,20,22,25)/t14-,15+/m0/s1. The SMILES string of the molecule is Cc1cc(=O)[nH]c(SCC(=O)N2C[C@H](O)C[C@H](NC(=O)C3CCCCC3)C2)n1.